The van der Waals surface area contributed by atoms with Crippen molar-refractivity contribution in [2.24, 2.45) is 0 Å². The Kier molecular flexibility index (Phi) is 14.6. The molecule has 0 aromatic carbocycles. The fourth-order valence-electron chi connectivity index (χ4n) is 0.675. The van der Waals surface area contributed by atoms with Gasteiger partial charge >= 0.3 is 0 Å². The van der Waals surface area contributed by atoms with Crippen LogP contribution in [0.4, 0.5) is 0 Å². The van der Waals surface area contributed by atoms with Crippen molar-refractivity contribution < 1.29 is 0 Å². The summed E-state index contributed by atoms with van der Waals surface area (Å²) in [5.41, 5.74) is 0. The smallest absolute Gasteiger partial charge is 0.0598 e. The van der Waals surface area contributed by atoms with E-state index in [0.717, 1.165) is 13.1 Å². The van der Waals surface area contributed by atoms with Crippen molar-refractivity contribution in [2.45, 2.75) is 34.1 Å². The molecular weight excluding hydrogens is 134 g/mol. The Balaban J connectivity index is 0. The maximum Gasteiger partial charge on any atom is 0.0598 e. The monoisotopic (exact) mass is 155 g/mol. The molecule has 0 spiro atoms. The summed E-state index contributed by atoms with van der Waals surface area (Å²) in [7, 11) is 2.09. The Hall–Kier alpha value is -0.480. The minimum Gasteiger partial charge on any atom is -0.295 e. The van der Waals surface area contributed by atoms with Crippen molar-refractivity contribution in [2.75, 3.05) is 20.1 Å². The second kappa shape index (κ2) is 12.2. The zero-order valence-corrected chi connectivity index (χ0v) is 8.57. The molecule has 0 amide bonds. The van der Waals surface area contributed by atoms with Crippen LogP contribution in [0.1, 0.15) is 34.1 Å². The highest BCUT2D eigenvalue weighted by molar-refractivity contribution is 4.97. The van der Waals surface area contributed by atoms with E-state index in [1.165, 1.54) is 6.42 Å². The lowest BCUT2D eigenvalue weighted by molar-refractivity contribution is 0.376. The second-order valence-corrected chi connectivity index (χ2v) is 2.16. The number of nitrogens with zero attached hydrogens (tertiary/aromatic N) is 1. The number of hydrogen-bond acceptors (Lipinski definition) is 1. The lowest BCUT2D eigenvalue weighted by atomic mass is 10.4. The van der Waals surface area contributed by atoms with Gasteiger partial charge in [0.1, 0.15) is 0 Å². The quantitative estimate of drug-likeness (QED) is 0.566. The maximum absolute atomic E-state index is 3.01. The van der Waals surface area contributed by atoms with Crippen LogP contribution in [-0.2, 0) is 0 Å². The van der Waals surface area contributed by atoms with Gasteiger partial charge in [-0.2, -0.15) is 0 Å². The highest BCUT2D eigenvalue weighted by Gasteiger charge is 1.89. The van der Waals surface area contributed by atoms with Gasteiger partial charge in [0.05, 0.1) is 6.54 Å². The molecule has 0 aliphatic carbocycles. The summed E-state index contributed by atoms with van der Waals surface area (Å²) in [5.74, 6) is 5.87. The fraction of sp³-hybridized carbons (Fsp3) is 0.800. The van der Waals surface area contributed by atoms with E-state index in [1.807, 2.05) is 20.8 Å². The van der Waals surface area contributed by atoms with Crippen molar-refractivity contribution in [1.29, 1.82) is 0 Å². The van der Waals surface area contributed by atoms with Crippen LogP contribution in [0.15, 0.2) is 0 Å². The van der Waals surface area contributed by atoms with Crippen LogP contribution >= 0.6 is 0 Å². The molecule has 0 bridgehead atoms. The minimum atomic E-state index is 0.907. The predicted octanol–water partition coefficient (Wildman–Crippen LogP) is 2.38. The summed E-state index contributed by atoms with van der Waals surface area (Å²) >= 11 is 0. The summed E-state index contributed by atoms with van der Waals surface area (Å²) in [6.07, 6.45) is 1.21. The van der Waals surface area contributed by atoms with Crippen molar-refractivity contribution in [3.63, 3.8) is 0 Å². The molecule has 0 radical (unpaired) electrons. The minimum absolute atomic E-state index is 0.907. The first kappa shape index (κ1) is 13.1. The number of hydrogen-bond donors (Lipinski definition) is 0. The molecular formula is C10H21N. The van der Waals surface area contributed by atoms with Gasteiger partial charge in [0.2, 0.25) is 0 Å². The molecule has 0 aromatic heterocycles. The Labute approximate surface area is 71.8 Å². The van der Waals surface area contributed by atoms with Crippen molar-refractivity contribution in [3.05, 3.63) is 0 Å². The van der Waals surface area contributed by atoms with E-state index >= 15 is 0 Å². The Morgan fingerprint density at radius 2 is 1.82 bits per heavy atom. The average Bonchev–Trinajstić information content (AvgIpc) is 2.05. The lowest BCUT2D eigenvalue weighted by Gasteiger charge is -2.09. The molecule has 66 valence electrons. The summed E-state index contributed by atoms with van der Waals surface area (Å²) in [6.45, 7) is 10.1. The summed E-state index contributed by atoms with van der Waals surface area (Å²) in [6, 6.07) is 0. The van der Waals surface area contributed by atoms with Crippen LogP contribution in [0.5, 0.6) is 0 Å². The topological polar surface area (TPSA) is 3.24 Å². The maximum atomic E-state index is 3.01. The third kappa shape index (κ3) is 12.7. The molecule has 0 fully saturated rings. The van der Waals surface area contributed by atoms with Gasteiger partial charge in [0.15, 0.2) is 0 Å². The molecule has 0 aromatic rings. The third-order valence-electron chi connectivity index (χ3n) is 1.13. The second-order valence-electron chi connectivity index (χ2n) is 2.16. The molecule has 0 atom stereocenters. The van der Waals surface area contributed by atoms with Crippen LogP contribution in [0.25, 0.3) is 0 Å². The van der Waals surface area contributed by atoms with Gasteiger partial charge in [-0.15, -0.1) is 5.92 Å². The molecule has 0 N–H and O–H groups in total. The van der Waals surface area contributed by atoms with E-state index in [9.17, 15) is 0 Å². The molecule has 0 aliphatic heterocycles. The Bertz CT molecular complexity index is 108. The Morgan fingerprint density at radius 1 is 1.27 bits per heavy atom. The Morgan fingerprint density at radius 3 is 2.18 bits per heavy atom. The molecule has 11 heavy (non-hydrogen) atoms. The normalized spacial score (nSPS) is 7.82. The first-order chi connectivity index (χ1) is 5.31. The van der Waals surface area contributed by atoms with Gasteiger partial charge in [-0.05, 0) is 26.9 Å². The molecule has 0 aliphatic rings. The molecule has 0 saturated heterocycles. The standard InChI is InChI=1S/C8H15N.C2H6/c1-4-6-8-9(3)7-5-2;1-2/h5,7-8H2,1-3H3;1-2H3. The molecule has 0 saturated carbocycles. The zero-order valence-electron chi connectivity index (χ0n) is 8.57. The van der Waals surface area contributed by atoms with E-state index in [-0.39, 0.29) is 0 Å². The third-order valence-corrected chi connectivity index (χ3v) is 1.13. The number of rotatable bonds is 3. The van der Waals surface area contributed by atoms with Crippen molar-refractivity contribution >= 4 is 0 Å². The molecule has 1 nitrogen and oxygen atoms in total. The lowest BCUT2D eigenvalue weighted by Crippen LogP contribution is -2.18. The van der Waals surface area contributed by atoms with E-state index in [1.54, 1.807) is 0 Å². The van der Waals surface area contributed by atoms with E-state index in [4.69, 9.17) is 0 Å². The SMILES string of the molecule is CC.CC#CCN(C)CCC. The summed E-state index contributed by atoms with van der Waals surface area (Å²) in [5, 5.41) is 0. The van der Waals surface area contributed by atoms with Crippen LogP contribution < -0.4 is 0 Å². The van der Waals surface area contributed by atoms with Gasteiger partial charge in [0, 0.05) is 0 Å². The first-order valence-corrected chi connectivity index (χ1v) is 4.39. The molecule has 0 rings (SSSR count). The van der Waals surface area contributed by atoms with Gasteiger partial charge in [-0.3, -0.25) is 4.90 Å². The highest BCUT2D eigenvalue weighted by atomic mass is 15.1. The fourth-order valence-corrected chi connectivity index (χ4v) is 0.675. The van der Waals surface area contributed by atoms with Crippen molar-refractivity contribution in [1.82, 2.24) is 4.90 Å². The average molecular weight is 155 g/mol. The van der Waals surface area contributed by atoms with Gasteiger partial charge in [-0.1, -0.05) is 26.7 Å². The molecule has 0 heterocycles. The van der Waals surface area contributed by atoms with Gasteiger partial charge < -0.3 is 0 Å². The van der Waals surface area contributed by atoms with E-state index in [0.29, 0.717) is 0 Å². The van der Waals surface area contributed by atoms with Gasteiger partial charge in [-0.25, -0.2) is 0 Å². The zero-order chi connectivity index (χ0) is 9.11. The van der Waals surface area contributed by atoms with Crippen LogP contribution in [0.2, 0.25) is 0 Å². The van der Waals surface area contributed by atoms with Crippen molar-refractivity contribution in [3.8, 4) is 11.8 Å². The summed E-state index contributed by atoms with van der Waals surface area (Å²) < 4.78 is 0. The van der Waals surface area contributed by atoms with Gasteiger partial charge in [0.25, 0.3) is 0 Å². The van der Waals surface area contributed by atoms with E-state index < -0.39 is 0 Å². The molecule has 0 unspecified atom stereocenters. The highest BCUT2D eigenvalue weighted by Crippen LogP contribution is 1.82. The van der Waals surface area contributed by atoms with Crippen LogP contribution in [0.3, 0.4) is 0 Å². The first-order valence-electron chi connectivity index (χ1n) is 4.39. The largest absolute Gasteiger partial charge is 0.295 e. The van der Waals surface area contributed by atoms with Crippen LogP contribution in [-0.4, -0.2) is 25.0 Å². The molecule has 1 heteroatoms. The van der Waals surface area contributed by atoms with E-state index in [2.05, 4.69) is 30.7 Å². The summed E-state index contributed by atoms with van der Waals surface area (Å²) in [4.78, 5) is 2.22. The van der Waals surface area contributed by atoms with Crippen LogP contribution in [0, 0.1) is 11.8 Å². The predicted molar refractivity (Wildman–Crippen MR) is 52.6 cm³/mol.